The van der Waals surface area contributed by atoms with Crippen molar-refractivity contribution in [3.63, 3.8) is 0 Å². The number of hydrogen-bond acceptors (Lipinski definition) is 6. The first-order valence-corrected chi connectivity index (χ1v) is 5.10. The van der Waals surface area contributed by atoms with E-state index >= 15 is 0 Å². The SMILES string of the molecule is COCOC(=O)c1cc(C=O)ccc1OCOC. The van der Waals surface area contributed by atoms with Crippen LogP contribution in [-0.2, 0) is 14.2 Å². The highest BCUT2D eigenvalue weighted by atomic mass is 16.7. The predicted octanol–water partition coefficient (Wildman–Crippen LogP) is 1.24. The molecule has 0 heterocycles. The second-order valence-corrected chi connectivity index (χ2v) is 3.26. The molecule has 1 rings (SSSR count). The zero-order chi connectivity index (χ0) is 13.4. The highest BCUT2D eigenvalue weighted by Gasteiger charge is 2.15. The molecule has 0 aliphatic carbocycles. The van der Waals surface area contributed by atoms with Gasteiger partial charge in [-0.05, 0) is 18.2 Å². The largest absolute Gasteiger partial charge is 0.467 e. The normalized spacial score (nSPS) is 9.89. The molecule has 0 atom stereocenters. The van der Waals surface area contributed by atoms with Gasteiger partial charge >= 0.3 is 5.97 Å². The van der Waals surface area contributed by atoms with Gasteiger partial charge in [0.05, 0.1) is 0 Å². The molecule has 0 radical (unpaired) electrons. The molecule has 1 aromatic rings. The second-order valence-electron chi connectivity index (χ2n) is 3.26. The maximum Gasteiger partial charge on any atom is 0.344 e. The van der Waals surface area contributed by atoms with Crippen molar-refractivity contribution in [2.45, 2.75) is 0 Å². The van der Waals surface area contributed by atoms with E-state index in [4.69, 9.17) is 14.2 Å². The average molecular weight is 254 g/mol. The molecule has 0 saturated heterocycles. The van der Waals surface area contributed by atoms with Crippen LogP contribution in [0.1, 0.15) is 20.7 Å². The van der Waals surface area contributed by atoms with E-state index < -0.39 is 5.97 Å². The summed E-state index contributed by atoms with van der Waals surface area (Å²) in [5.41, 5.74) is 0.498. The number of methoxy groups -OCH3 is 2. The molecule has 0 aromatic heterocycles. The van der Waals surface area contributed by atoms with Gasteiger partial charge in [-0.25, -0.2) is 4.79 Å². The van der Waals surface area contributed by atoms with Gasteiger partial charge in [0.25, 0.3) is 0 Å². The van der Waals surface area contributed by atoms with Crippen LogP contribution in [0.4, 0.5) is 0 Å². The van der Waals surface area contributed by atoms with Crippen LogP contribution in [0.5, 0.6) is 5.75 Å². The fourth-order valence-corrected chi connectivity index (χ4v) is 1.22. The van der Waals surface area contributed by atoms with Crippen molar-refractivity contribution in [3.05, 3.63) is 29.3 Å². The first kappa shape index (κ1) is 14.1. The molecule has 6 heteroatoms. The van der Waals surface area contributed by atoms with Gasteiger partial charge in [-0.15, -0.1) is 0 Å². The summed E-state index contributed by atoms with van der Waals surface area (Å²) in [4.78, 5) is 22.4. The topological polar surface area (TPSA) is 71.1 Å². The van der Waals surface area contributed by atoms with Crippen molar-refractivity contribution in [1.82, 2.24) is 0 Å². The van der Waals surface area contributed by atoms with E-state index in [1.165, 1.54) is 32.4 Å². The van der Waals surface area contributed by atoms with Gasteiger partial charge in [0.2, 0.25) is 0 Å². The molecule has 98 valence electrons. The number of rotatable bonds is 7. The summed E-state index contributed by atoms with van der Waals surface area (Å²) in [6, 6.07) is 4.42. The number of carbonyl (C=O) groups is 2. The molecular weight excluding hydrogens is 240 g/mol. The summed E-state index contributed by atoms with van der Waals surface area (Å²) in [5.74, 6) is -0.352. The van der Waals surface area contributed by atoms with E-state index in [1.807, 2.05) is 0 Å². The van der Waals surface area contributed by atoms with E-state index in [-0.39, 0.29) is 24.9 Å². The standard InChI is InChI=1S/C12H14O6/c1-15-7-17-11-4-3-9(6-13)5-10(11)12(14)18-8-16-2/h3-6H,7-8H2,1-2H3. The number of hydrogen-bond donors (Lipinski definition) is 0. The Morgan fingerprint density at radius 2 is 1.94 bits per heavy atom. The van der Waals surface area contributed by atoms with Crippen LogP contribution in [0.3, 0.4) is 0 Å². The van der Waals surface area contributed by atoms with Crippen LogP contribution < -0.4 is 4.74 Å². The van der Waals surface area contributed by atoms with Crippen molar-refractivity contribution in [2.75, 3.05) is 27.8 Å². The molecule has 18 heavy (non-hydrogen) atoms. The minimum Gasteiger partial charge on any atom is -0.467 e. The zero-order valence-corrected chi connectivity index (χ0v) is 10.2. The molecule has 0 aliphatic rings. The fourth-order valence-electron chi connectivity index (χ4n) is 1.22. The molecule has 6 nitrogen and oxygen atoms in total. The van der Waals surface area contributed by atoms with Gasteiger partial charge in [0.15, 0.2) is 13.6 Å². The van der Waals surface area contributed by atoms with E-state index in [2.05, 4.69) is 4.74 Å². The summed E-state index contributed by atoms with van der Waals surface area (Å²) in [7, 11) is 2.86. The molecule has 1 aromatic carbocycles. The van der Waals surface area contributed by atoms with Gasteiger partial charge in [-0.3, -0.25) is 4.79 Å². The zero-order valence-electron chi connectivity index (χ0n) is 10.2. The Labute approximate surface area is 104 Å². The Bertz CT molecular complexity index is 415. The van der Waals surface area contributed by atoms with Crippen molar-refractivity contribution < 1.29 is 28.5 Å². The number of esters is 1. The maximum atomic E-state index is 11.7. The smallest absolute Gasteiger partial charge is 0.344 e. The highest BCUT2D eigenvalue weighted by molar-refractivity contribution is 5.94. The Morgan fingerprint density at radius 3 is 2.56 bits per heavy atom. The Kier molecular flexibility index (Phi) is 5.83. The van der Waals surface area contributed by atoms with Crippen molar-refractivity contribution >= 4 is 12.3 Å². The minimum atomic E-state index is -0.633. The third kappa shape index (κ3) is 3.83. The molecule has 0 saturated carbocycles. The van der Waals surface area contributed by atoms with Gasteiger partial charge in [0, 0.05) is 19.8 Å². The predicted molar refractivity (Wildman–Crippen MR) is 61.6 cm³/mol. The number of ether oxygens (including phenoxy) is 4. The van der Waals surface area contributed by atoms with Crippen LogP contribution in [0.2, 0.25) is 0 Å². The lowest BCUT2D eigenvalue weighted by atomic mass is 10.1. The van der Waals surface area contributed by atoms with E-state index in [0.29, 0.717) is 11.8 Å². The average Bonchev–Trinajstić information content (AvgIpc) is 2.42. The van der Waals surface area contributed by atoms with E-state index in [9.17, 15) is 9.59 Å². The number of benzene rings is 1. The van der Waals surface area contributed by atoms with Crippen molar-refractivity contribution in [1.29, 1.82) is 0 Å². The third-order valence-corrected chi connectivity index (χ3v) is 2.00. The summed E-state index contributed by atoms with van der Waals surface area (Å²) in [5, 5.41) is 0. The summed E-state index contributed by atoms with van der Waals surface area (Å²) >= 11 is 0. The molecule has 0 bridgehead atoms. The molecule has 0 unspecified atom stereocenters. The summed E-state index contributed by atoms with van der Waals surface area (Å²) < 4.78 is 19.4. The van der Waals surface area contributed by atoms with Crippen LogP contribution in [0.15, 0.2) is 18.2 Å². The minimum absolute atomic E-state index is 0.00893. The lowest BCUT2D eigenvalue weighted by Crippen LogP contribution is -2.11. The Balaban J connectivity index is 2.95. The van der Waals surface area contributed by atoms with Gasteiger partial charge in [-0.1, -0.05) is 0 Å². The van der Waals surface area contributed by atoms with Crippen molar-refractivity contribution in [3.8, 4) is 5.75 Å². The highest BCUT2D eigenvalue weighted by Crippen LogP contribution is 2.20. The van der Waals surface area contributed by atoms with E-state index in [1.54, 1.807) is 0 Å². The van der Waals surface area contributed by atoms with E-state index in [0.717, 1.165) is 0 Å². The quantitative estimate of drug-likeness (QED) is 0.414. The maximum absolute atomic E-state index is 11.7. The van der Waals surface area contributed by atoms with Crippen LogP contribution >= 0.6 is 0 Å². The first-order valence-electron chi connectivity index (χ1n) is 5.10. The lowest BCUT2D eigenvalue weighted by Gasteiger charge is -2.10. The first-order chi connectivity index (χ1) is 8.72. The van der Waals surface area contributed by atoms with Crippen LogP contribution in [0.25, 0.3) is 0 Å². The molecule has 0 amide bonds. The second kappa shape index (κ2) is 7.41. The Hall–Kier alpha value is -1.92. The lowest BCUT2D eigenvalue weighted by molar-refractivity contribution is -0.0132. The number of aldehydes is 1. The Morgan fingerprint density at radius 1 is 1.22 bits per heavy atom. The van der Waals surface area contributed by atoms with Gasteiger partial charge < -0.3 is 18.9 Å². The van der Waals surface area contributed by atoms with Gasteiger partial charge in [0.1, 0.15) is 17.6 Å². The summed E-state index contributed by atoms with van der Waals surface area (Å²) in [6.07, 6.45) is 0.632. The van der Waals surface area contributed by atoms with Crippen LogP contribution in [-0.4, -0.2) is 40.1 Å². The molecule has 0 aliphatic heterocycles. The van der Waals surface area contributed by atoms with Crippen molar-refractivity contribution in [2.24, 2.45) is 0 Å². The monoisotopic (exact) mass is 254 g/mol. The van der Waals surface area contributed by atoms with Crippen LogP contribution in [0, 0.1) is 0 Å². The molecule has 0 spiro atoms. The number of carbonyl (C=O) groups excluding carboxylic acids is 2. The molecule has 0 N–H and O–H groups in total. The molecular formula is C12H14O6. The fraction of sp³-hybridized carbons (Fsp3) is 0.333. The van der Waals surface area contributed by atoms with Gasteiger partial charge in [-0.2, -0.15) is 0 Å². The molecule has 0 fully saturated rings. The third-order valence-electron chi connectivity index (χ3n) is 2.00. The summed E-state index contributed by atoms with van der Waals surface area (Å²) in [6.45, 7) is -0.182.